The van der Waals surface area contributed by atoms with Crippen LogP contribution in [0.15, 0.2) is 54.6 Å². The second-order valence-electron chi connectivity index (χ2n) is 7.29. The topological polar surface area (TPSA) is 114 Å². The van der Waals surface area contributed by atoms with Crippen LogP contribution >= 0.6 is 11.6 Å². The molecular weight excluding hydrogens is 446 g/mol. The zero-order chi connectivity index (χ0) is 23.8. The number of carbonyl (C=O) groups excluding carboxylic acids is 4. The quantitative estimate of drug-likeness (QED) is 0.512. The third-order valence-corrected chi connectivity index (χ3v) is 5.18. The molecule has 0 aromatic heterocycles. The Kier molecular flexibility index (Phi) is 8.21. The zero-order valence-corrected chi connectivity index (χ0v) is 18.8. The number of halogens is 1. The maximum Gasteiger partial charge on any atom is 0.325 e. The van der Waals surface area contributed by atoms with Gasteiger partial charge in [0.2, 0.25) is 5.91 Å². The molecule has 0 fully saturated rings. The van der Waals surface area contributed by atoms with Crippen molar-refractivity contribution < 1.29 is 23.9 Å². The fourth-order valence-electron chi connectivity index (χ4n) is 3.36. The Morgan fingerprint density at radius 2 is 1.85 bits per heavy atom. The molecule has 1 atom stereocenters. The number of benzene rings is 2. The van der Waals surface area contributed by atoms with E-state index in [0.717, 1.165) is 11.3 Å². The monoisotopic (exact) mass is 469 g/mol. The first-order valence-corrected chi connectivity index (χ1v) is 10.8. The second-order valence-corrected chi connectivity index (χ2v) is 7.73. The zero-order valence-electron chi connectivity index (χ0n) is 18.0. The van der Waals surface area contributed by atoms with Gasteiger partial charge in [0, 0.05) is 28.3 Å². The van der Waals surface area contributed by atoms with E-state index in [9.17, 15) is 19.2 Å². The fraction of sp³-hybridized carbons (Fsp3) is 0.250. The normalized spacial score (nSPS) is 13.5. The Bertz CT molecular complexity index is 1080. The molecule has 0 spiro atoms. The molecule has 0 saturated heterocycles. The van der Waals surface area contributed by atoms with E-state index >= 15 is 0 Å². The van der Waals surface area contributed by atoms with Gasteiger partial charge in [-0.3, -0.25) is 19.2 Å². The van der Waals surface area contributed by atoms with Crippen molar-refractivity contribution in [2.45, 2.75) is 19.4 Å². The van der Waals surface area contributed by atoms with E-state index in [1.54, 1.807) is 31.2 Å². The first-order valence-electron chi connectivity index (χ1n) is 10.4. The first kappa shape index (κ1) is 24.0. The molecule has 1 aliphatic rings. The number of anilines is 1. The summed E-state index contributed by atoms with van der Waals surface area (Å²) in [5, 5.41) is 8.74. The molecule has 9 heteroatoms. The van der Waals surface area contributed by atoms with E-state index in [1.807, 2.05) is 24.3 Å². The minimum absolute atomic E-state index is 0.0401. The Morgan fingerprint density at radius 3 is 2.58 bits per heavy atom. The van der Waals surface area contributed by atoms with Crippen LogP contribution in [0.3, 0.4) is 0 Å². The number of hydrogen-bond acceptors (Lipinski definition) is 6. The van der Waals surface area contributed by atoms with E-state index in [0.29, 0.717) is 16.2 Å². The van der Waals surface area contributed by atoms with Crippen molar-refractivity contribution in [1.29, 1.82) is 0 Å². The molecule has 8 nitrogen and oxygen atoms in total. The summed E-state index contributed by atoms with van der Waals surface area (Å²) in [6.45, 7) is 1.63. The van der Waals surface area contributed by atoms with Crippen LogP contribution in [0.5, 0.6) is 0 Å². The van der Waals surface area contributed by atoms with Gasteiger partial charge in [-0.05, 0) is 48.9 Å². The van der Waals surface area contributed by atoms with Gasteiger partial charge in [0.05, 0.1) is 13.2 Å². The SMILES string of the molecule is CCOC(=O)CNC(=O)C(CC1=CC(=O)CNc2ccccc21)NC(=O)c1ccc(Cl)cc1. The van der Waals surface area contributed by atoms with Gasteiger partial charge < -0.3 is 20.7 Å². The molecule has 2 aromatic rings. The highest BCUT2D eigenvalue weighted by Crippen LogP contribution is 2.29. The molecule has 0 bridgehead atoms. The van der Waals surface area contributed by atoms with Crippen LogP contribution in [-0.4, -0.2) is 49.3 Å². The predicted molar refractivity (Wildman–Crippen MR) is 125 cm³/mol. The number of amides is 2. The number of rotatable bonds is 8. The Balaban J connectivity index is 1.85. The molecule has 3 rings (SSSR count). The van der Waals surface area contributed by atoms with Crippen molar-refractivity contribution in [3.8, 4) is 0 Å². The minimum atomic E-state index is -1.05. The van der Waals surface area contributed by atoms with E-state index in [4.69, 9.17) is 16.3 Å². The summed E-state index contributed by atoms with van der Waals surface area (Å²) in [6.07, 6.45) is 1.51. The molecule has 1 heterocycles. The maximum absolute atomic E-state index is 12.9. The second kappa shape index (κ2) is 11.3. The van der Waals surface area contributed by atoms with Gasteiger partial charge in [0.1, 0.15) is 12.6 Å². The third kappa shape index (κ3) is 6.66. The average molecular weight is 470 g/mol. The van der Waals surface area contributed by atoms with Crippen LogP contribution in [0.4, 0.5) is 5.69 Å². The van der Waals surface area contributed by atoms with Crippen molar-refractivity contribution in [2.75, 3.05) is 25.0 Å². The Hall–Kier alpha value is -3.65. The average Bonchev–Trinajstić information content (AvgIpc) is 2.96. The molecule has 0 saturated carbocycles. The van der Waals surface area contributed by atoms with Crippen LogP contribution in [0.2, 0.25) is 5.02 Å². The standard InChI is InChI=1S/C24H24ClN3O5/c1-2-33-22(30)14-27-24(32)21(28-23(31)15-7-9-17(25)10-8-15)12-16-11-18(29)13-26-20-6-4-3-5-19(16)20/h3-11,21,26H,2,12-14H2,1H3,(H,27,32)(H,28,31). The third-order valence-electron chi connectivity index (χ3n) is 4.93. The number of carbonyl (C=O) groups is 4. The molecule has 172 valence electrons. The largest absolute Gasteiger partial charge is 0.465 e. The van der Waals surface area contributed by atoms with Gasteiger partial charge in [-0.2, -0.15) is 0 Å². The van der Waals surface area contributed by atoms with Gasteiger partial charge in [-0.15, -0.1) is 0 Å². The number of fused-ring (bicyclic) bond motifs is 1. The molecule has 33 heavy (non-hydrogen) atoms. The lowest BCUT2D eigenvalue weighted by Crippen LogP contribution is -2.48. The van der Waals surface area contributed by atoms with Crippen LogP contribution in [0, 0.1) is 0 Å². The summed E-state index contributed by atoms with van der Waals surface area (Å²) in [5.74, 6) is -1.81. The molecule has 3 N–H and O–H groups in total. The summed E-state index contributed by atoms with van der Waals surface area (Å²) < 4.78 is 4.84. The Morgan fingerprint density at radius 1 is 1.12 bits per heavy atom. The number of ketones is 1. The van der Waals surface area contributed by atoms with Gasteiger partial charge in [-0.1, -0.05) is 29.8 Å². The van der Waals surface area contributed by atoms with Gasteiger partial charge in [0.15, 0.2) is 5.78 Å². The summed E-state index contributed by atoms with van der Waals surface area (Å²) >= 11 is 5.89. The molecule has 0 aliphatic carbocycles. The highest BCUT2D eigenvalue weighted by molar-refractivity contribution is 6.30. The smallest absolute Gasteiger partial charge is 0.325 e. The predicted octanol–water partition coefficient (Wildman–Crippen LogP) is 2.59. The fourth-order valence-corrected chi connectivity index (χ4v) is 3.48. The van der Waals surface area contributed by atoms with E-state index < -0.39 is 23.8 Å². The summed E-state index contributed by atoms with van der Waals surface area (Å²) in [7, 11) is 0. The van der Waals surface area contributed by atoms with Crippen molar-refractivity contribution in [3.63, 3.8) is 0 Å². The van der Waals surface area contributed by atoms with Crippen molar-refractivity contribution >= 4 is 46.4 Å². The van der Waals surface area contributed by atoms with Crippen LogP contribution < -0.4 is 16.0 Å². The van der Waals surface area contributed by atoms with Gasteiger partial charge >= 0.3 is 5.97 Å². The van der Waals surface area contributed by atoms with E-state index in [-0.39, 0.29) is 31.9 Å². The lowest BCUT2D eigenvalue weighted by atomic mass is 9.96. The highest BCUT2D eigenvalue weighted by Gasteiger charge is 2.26. The summed E-state index contributed by atoms with van der Waals surface area (Å²) in [4.78, 5) is 49.7. The van der Waals surface area contributed by atoms with E-state index in [2.05, 4.69) is 16.0 Å². The van der Waals surface area contributed by atoms with Crippen molar-refractivity contribution in [1.82, 2.24) is 10.6 Å². The molecule has 2 amide bonds. The van der Waals surface area contributed by atoms with E-state index in [1.165, 1.54) is 6.08 Å². The molecule has 0 radical (unpaired) electrons. The van der Waals surface area contributed by atoms with Crippen LogP contribution in [-0.2, 0) is 19.1 Å². The summed E-state index contributed by atoms with van der Waals surface area (Å²) in [5.41, 5.74) is 2.42. The number of nitrogens with one attached hydrogen (secondary N) is 3. The highest BCUT2D eigenvalue weighted by atomic mass is 35.5. The lowest BCUT2D eigenvalue weighted by Gasteiger charge is -2.20. The minimum Gasteiger partial charge on any atom is -0.465 e. The molecule has 1 unspecified atom stereocenters. The van der Waals surface area contributed by atoms with Crippen molar-refractivity contribution in [2.24, 2.45) is 0 Å². The van der Waals surface area contributed by atoms with Crippen LogP contribution in [0.25, 0.3) is 5.57 Å². The van der Waals surface area contributed by atoms with Crippen LogP contribution in [0.1, 0.15) is 29.3 Å². The summed E-state index contributed by atoms with van der Waals surface area (Å²) in [6, 6.07) is 12.5. The van der Waals surface area contributed by atoms with Crippen molar-refractivity contribution in [3.05, 3.63) is 70.8 Å². The van der Waals surface area contributed by atoms with Gasteiger partial charge in [0.25, 0.3) is 5.91 Å². The molecular formula is C24H24ClN3O5. The lowest BCUT2D eigenvalue weighted by molar-refractivity contribution is -0.143. The molecule has 1 aliphatic heterocycles. The Labute approximate surface area is 196 Å². The number of para-hydroxylation sites is 1. The number of hydrogen-bond donors (Lipinski definition) is 3. The first-order chi connectivity index (χ1) is 15.9. The maximum atomic E-state index is 12.9. The molecule has 2 aromatic carbocycles. The van der Waals surface area contributed by atoms with Gasteiger partial charge in [-0.25, -0.2) is 0 Å². The number of esters is 1. The number of ether oxygens (including phenoxy) is 1.